The zero-order valence-electron chi connectivity index (χ0n) is 30.6. The van der Waals surface area contributed by atoms with E-state index in [0.717, 1.165) is 16.3 Å². The van der Waals surface area contributed by atoms with Crippen molar-refractivity contribution >= 4 is 46.4 Å². The monoisotopic (exact) mass is 768 g/mol. The average molecular weight is 769 g/mol. The van der Waals surface area contributed by atoms with Crippen molar-refractivity contribution < 1.29 is 43.7 Å². The third-order valence-corrected chi connectivity index (χ3v) is 8.95. The van der Waals surface area contributed by atoms with E-state index in [9.17, 15) is 44.4 Å². The Morgan fingerprint density at radius 1 is 0.857 bits per heavy atom. The predicted octanol–water partition coefficient (Wildman–Crippen LogP) is 0.828. The number of carbonyl (C=O) groups is 6. The van der Waals surface area contributed by atoms with Crippen LogP contribution in [0.15, 0.2) is 60.7 Å². The van der Waals surface area contributed by atoms with E-state index in [1.165, 1.54) is 23.1 Å². The highest BCUT2D eigenvalue weighted by atomic mass is 16.5. The third-order valence-electron chi connectivity index (χ3n) is 8.95. The van der Waals surface area contributed by atoms with Gasteiger partial charge < -0.3 is 46.4 Å². The number of nitriles is 2. The first-order valence-electron chi connectivity index (χ1n) is 18.1. The van der Waals surface area contributed by atoms with Crippen molar-refractivity contribution in [2.75, 3.05) is 39.4 Å². The fourth-order valence-electron chi connectivity index (χ4n) is 6.16. The molecule has 294 valence electrons. The first-order chi connectivity index (χ1) is 27.0. The molecule has 0 radical (unpaired) electrons. The van der Waals surface area contributed by atoms with Gasteiger partial charge in [-0.2, -0.15) is 10.5 Å². The lowest BCUT2D eigenvalue weighted by Gasteiger charge is -2.24. The van der Waals surface area contributed by atoms with Crippen LogP contribution in [0.3, 0.4) is 0 Å². The largest absolute Gasteiger partial charge is 0.484 e. The minimum absolute atomic E-state index is 0.0291. The minimum Gasteiger partial charge on any atom is -0.484 e. The van der Waals surface area contributed by atoms with Crippen molar-refractivity contribution in [2.45, 2.75) is 56.7 Å². The molecule has 7 N–H and O–H groups in total. The number of hydrogen-bond acceptors (Lipinski definition) is 10. The fraction of sp³-hybridized carbons (Fsp3) is 0.385. The van der Waals surface area contributed by atoms with Crippen molar-refractivity contribution in [3.63, 3.8) is 0 Å². The van der Waals surface area contributed by atoms with Crippen LogP contribution in [0.25, 0.3) is 10.8 Å². The number of carbonyl (C=O) groups excluding carboxylic acids is 5. The molecule has 1 heterocycles. The molecule has 0 spiro atoms. The number of carboxylic acids is 1. The van der Waals surface area contributed by atoms with Crippen molar-refractivity contribution in [1.82, 2.24) is 31.5 Å². The Kier molecular flexibility index (Phi) is 15.9. The Morgan fingerprint density at radius 3 is 2.29 bits per heavy atom. The van der Waals surface area contributed by atoms with Gasteiger partial charge in [-0.3, -0.25) is 19.2 Å². The van der Waals surface area contributed by atoms with Crippen LogP contribution in [0.1, 0.15) is 48.8 Å². The van der Waals surface area contributed by atoms with E-state index in [-0.39, 0.29) is 56.0 Å². The molecule has 0 saturated carbocycles. The fourth-order valence-corrected chi connectivity index (χ4v) is 6.16. The minimum atomic E-state index is -1.23. The second kappa shape index (κ2) is 21.2. The molecular weight excluding hydrogens is 724 g/mol. The van der Waals surface area contributed by atoms with Gasteiger partial charge in [0.25, 0.3) is 5.91 Å². The first-order valence-corrected chi connectivity index (χ1v) is 18.1. The number of ether oxygens (including phenoxy) is 1. The summed E-state index contributed by atoms with van der Waals surface area (Å²) in [5.74, 6) is -3.25. The van der Waals surface area contributed by atoms with Crippen LogP contribution in [-0.4, -0.2) is 108 Å². The molecule has 56 heavy (non-hydrogen) atoms. The van der Waals surface area contributed by atoms with Crippen LogP contribution in [0.4, 0.5) is 4.79 Å². The Morgan fingerprint density at radius 2 is 1.59 bits per heavy atom. The lowest BCUT2D eigenvalue weighted by atomic mass is 10.0. The maximum Gasteiger partial charge on any atom is 0.326 e. The number of nitrogens with zero attached hydrogens (tertiary/aromatic N) is 3. The number of hydrogen-bond donors (Lipinski definition) is 7. The number of urea groups is 1. The van der Waals surface area contributed by atoms with Crippen LogP contribution >= 0.6 is 0 Å². The Bertz CT molecular complexity index is 1960. The number of aliphatic hydroxyl groups excluding tert-OH is 1. The summed E-state index contributed by atoms with van der Waals surface area (Å²) in [5, 5.41) is 51.3. The molecule has 4 rings (SSSR count). The zero-order chi connectivity index (χ0) is 40.5. The number of rotatable bonds is 19. The zero-order valence-corrected chi connectivity index (χ0v) is 30.6. The lowest BCUT2D eigenvalue weighted by molar-refractivity contribution is -0.140. The van der Waals surface area contributed by atoms with Gasteiger partial charge in [0.05, 0.1) is 36.4 Å². The second-order valence-electron chi connectivity index (χ2n) is 13.0. The number of unbranched alkanes of at least 4 members (excludes halogenated alkanes) is 1. The van der Waals surface area contributed by atoms with Crippen LogP contribution in [0.2, 0.25) is 0 Å². The highest BCUT2D eigenvalue weighted by Gasteiger charge is 2.34. The molecule has 1 aliphatic heterocycles. The van der Waals surface area contributed by atoms with Gasteiger partial charge in [-0.25, -0.2) is 9.59 Å². The first kappa shape index (κ1) is 42.0. The Labute approximate surface area is 323 Å². The van der Waals surface area contributed by atoms with Gasteiger partial charge in [-0.15, -0.1) is 0 Å². The van der Waals surface area contributed by atoms with E-state index in [1.807, 2.05) is 54.6 Å². The number of aliphatic hydroxyl groups is 1. The highest BCUT2D eigenvalue weighted by Crippen LogP contribution is 2.20. The average Bonchev–Trinajstić information content (AvgIpc) is 3.70. The topological polar surface area (TPSA) is 263 Å². The number of amides is 6. The van der Waals surface area contributed by atoms with Crippen LogP contribution in [0.5, 0.6) is 5.75 Å². The molecule has 17 heteroatoms. The molecule has 17 nitrogen and oxygen atoms in total. The molecule has 1 saturated heterocycles. The molecule has 1 aliphatic rings. The maximum absolute atomic E-state index is 13.4. The maximum atomic E-state index is 13.4. The molecule has 3 aromatic carbocycles. The molecular formula is C39H44N8O9. The van der Waals surface area contributed by atoms with Gasteiger partial charge in [0.2, 0.25) is 17.7 Å². The number of fused-ring (bicyclic) bond motifs is 1. The summed E-state index contributed by atoms with van der Waals surface area (Å²) in [6, 6.07) is 17.6. The summed E-state index contributed by atoms with van der Waals surface area (Å²) in [6.07, 6.45) is 1.83. The second-order valence-corrected chi connectivity index (χ2v) is 13.0. The van der Waals surface area contributed by atoms with Crippen molar-refractivity contribution in [1.29, 1.82) is 10.5 Å². The van der Waals surface area contributed by atoms with Gasteiger partial charge in [-0.05, 0) is 66.6 Å². The molecule has 0 bridgehead atoms. The lowest BCUT2D eigenvalue weighted by Crippen LogP contribution is -2.52. The quantitative estimate of drug-likeness (QED) is 0.0840. The standard InChI is InChI=1S/C39H44N8O9/c40-21-26-16-27(22-41)19-30(18-26)56-24-35(50)47-14-5-9-33(47)37(52)44-23-34(49)45-32(20-25-10-11-28-6-1-2-7-29(28)17-25)36(51)42-12-4-3-8-31(38(53)54)46-39(55)43-13-15-48/h1-2,6-7,10-11,16-19,31-33,48H,3-5,8-9,12-15,20,23-24H2,(H,42,51)(H,44,52)(H,45,49)(H,53,54)(H2,43,46,55)/t31-,32-,33-/m0/s1. The number of nitrogens with one attached hydrogen (secondary N) is 5. The Hall–Kier alpha value is -6.72. The van der Waals surface area contributed by atoms with Crippen molar-refractivity contribution in [3.8, 4) is 17.9 Å². The molecule has 0 unspecified atom stereocenters. The van der Waals surface area contributed by atoms with E-state index >= 15 is 0 Å². The number of carboxylic acid groups (broad SMARTS) is 1. The SMILES string of the molecule is N#Cc1cc(C#N)cc(OCC(=O)N2CCC[C@H]2C(=O)NCC(=O)N[C@@H](Cc2ccc3ccccc3c2)C(=O)NCCCC[C@H](NC(=O)NCCO)C(=O)O)c1. The summed E-state index contributed by atoms with van der Waals surface area (Å²) >= 11 is 0. The number of likely N-dealkylation sites (tertiary alicyclic amines) is 1. The predicted molar refractivity (Wildman–Crippen MR) is 201 cm³/mol. The summed E-state index contributed by atoms with van der Waals surface area (Å²) in [6.45, 7) is -0.788. The smallest absolute Gasteiger partial charge is 0.326 e. The molecule has 0 aromatic heterocycles. The van der Waals surface area contributed by atoms with Crippen molar-refractivity contribution in [2.24, 2.45) is 0 Å². The number of benzene rings is 3. The summed E-state index contributed by atoms with van der Waals surface area (Å²) in [7, 11) is 0. The van der Waals surface area contributed by atoms with Crippen molar-refractivity contribution in [3.05, 3.63) is 77.4 Å². The third kappa shape index (κ3) is 12.7. The molecule has 0 aliphatic carbocycles. The van der Waals surface area contributed by atoms with Gasteiger partial charge in [0.15, 0.2) is 6.61 Å². The van der Waals surface area contributed by atoms with Gasteiger partial charge in [0, 0.05) is 26.1 Å². The van der Waals surface area contributed by atoms with E-state index in [2.05, 4.69) is 26.6 Å². The summed E-state index contributed by atoms with van der Waals surface area (Å²) in [5.41, 5.74) is 1.16. The van der Waals surface area contributed by atoms with E-state index < -0.39 is 66.9 Å². The normalized spacial score (nSPS) is 14.3. The van der Waals surface area contributed by atoms with Gasteiger partial charge >= 0.3 is 12.0 Å². The highest BCUT2D eigenvalue weighted by molar-refractivity contribution is 5.93. The van der Waals surface area contributed by atoms with E-state index in [4.69, 9.17) is 9.84 Å². The molecule has 3 atom stereocenters. The van der Waals surface area contributed by atoms with Crippen LogP contribution < -0.4 is 31.3 Å². The van der Waals surface area contributed by atoms with Gasteiger partial charge in [-0.1, -0.05) is 42.5 Å². The van der Waals surface area contributed by atoms with E-state index in [1.54, 1.807) is 0 Å². The number of aliphatic carboxylic acids is 1. The Balaban J connectivity index is 1.32. The molecule has 1 fully saturated rings. The van der Waals surface area contributed by atoms with Crippen LogP contribution in [0, 0.1) is 22.7 Å². The van der Waals surface area contributed by atoms with Gasteiger partial charge in [0.1, 0.15) is 23.9 Å². The molecule has 3 aromatic rings. The summed E-state index contributed by atoms with van der Waals surface area (Å²) in [4.78, 5) is 77.6. The summed E-state index contributed by atoms with van der Waals surface area (Å²) < 4.78 is 5.54. The van der Waals surface area contributed by atoms with Crippen LogP contribution in [-0.2, 0) is 30.4 Å². The van der Waals surface area contributed by atoms with E-state index in [0.29, 0.717) is 25.7 Å². The molecule has 6 amide bonds.